The van der Waals surface area contributed by atoms with Crippen LogP contribution in [0, 0.1) is 0 Å². The molecule has 0 heterocycles. The first kappa shape index (κ1) is 44.4. The van der Waals surface area contributed by atoms with Gasteiger partial charge in [0.05, 0.1) is 12.0 Å². The summed E-state index contributed by atoms with van der Waals surface area (Å²) in [7, 11) is 0. The number of thioether (sulfide) groups is 1. The molecule has 2 N–H and O–H groups in total. The monoisotopic (exact) mass is 635 g/mol. The van der Waals surface area contributed by atoms with Crippen LogP contribution in [0.1, 0.15) is 161 Å². The van der Waals surface area contributed by atoms with Gasteiger partial charge in [0, 0.05) is 25.4 Å². The SMILES string of the molecule is CCCCCCCCCCCCSCCCCC(=O)NCCCCCCCCCCC(=O)NC(CCC(=O)[O-])C(=O)[O-].[Na+]. The smallest absolute Gasteiger partial charge is 0.550 e. The van der Waals surface area contributed by atoms with Gasteiger partial charge in [0.15, 0.2) is 0 Å². The first-order valence-electron chi connectivity index (χ1n) is 16.9. The third-order valence-corrected chi connectivity index (χ3v) is 8.65. The summed E-state index contributed by atoms with van der Waals surface area (Å²) >= 11 is 2.03. The molecular formula is C33H60N2NaO6S-. The van der Waals surface area contributed by atoms with Gasteiger partial charge in [-0.2, -0.15) is 11.8 Å². The van der Waals surface area contributed by atoms with Gasteiger partial charge in [-0.15, -0.1) is 0 Å². The molecule has 0 aliphatic heterocycles. The van der Waals surface area contributed by atoms with Crippen molar-refractivity contribution in [1.82, 2.24) is 10.6 Å². The summed E-state index contributed by atoms with van der Waals surface area (Å²) < 4.78 is 0. The Morgan fingerprint density at radius 2 is 1.02 bits per heavy atom. The van der Waals surface area contributed by atoms with E-state index in [4.69, 9.17) is 0 Å². The number of rotatable bonds is 32. The van der Waals surface area contributed by atoms with Gasteiger partial charge in [0.2, 0.25) is 11.8 Å². The minimum atomic E-state index is -1.48. The number of amides is 2. The van der Waals surface area contributed by atoms with Gasteiger partial charge in [0.25, 0.3) is 0 Å². The van der Waals surface area contributed by atoms with E-state index in [1.807, 2.05) is 11.8 Å². The molecule has 0 bridgehead atoms. The van der Waals surface area contributed by atoms with Gasteiger partial charge in [-0.1, -0.05) is 103 Å². The topological polar surface area (TPSA) is 138 Å². The van der Waals surface area contributed by atoms with E-state index < -0.39 is 30.3 Å². The van der Waals surface area contributed by atoms with E-state index in [2.05, 4.69) is 17.6 Å². The predicted octanol–water partition coefficient (Wildman–Crippen LogP) is 2.21. The fourth-order valence-electron chi connectivity index (χ4n) is 4.85. The number of carboxylic acids is 2. The van der Waals surface area contributed by atoms with Crippen molar-refractivity contribution in [2.24, 2.45) is 0 Å². The van der Waals surface area contributed by atoms with Crippen LogP contribution in [0.3, 0.4) is 0 Å². The Morgan fingerprint density at radius 1 is 0.581 bits per heavy atom. The maximum absolute atomic E-state index is 12.0. The van der Waals surface area contributed by atoms with Gasteiger partial charge in [-0.05, 0) is 56.5 Å². The fraction of sp³-hybridized carbons (Fsp3) is 0.879. The molecule has 0 fully saturated rings. The number of carbonyl (C=O) groups is 4. The number of carboxylic acid groups (broad SMARTS) is 2. The predicted molar refractivity (Wildman–Crippen MR) is 169 cm³/mol. The summed E-state index contributed by atoms with van der Waals surface area (Å²) in [5, 5.41) is 26.8. The van der Waals surface area contributed by atoms with Gasteiger partial charge < -0.3 is 30.4 Å². The molecular weight excluding hydrogens is 575 g/mol. The third-order valence-electron chi connectivity index (χ3n) is 7.49. The Bertz CT molecular complexity index is 698. The Labute approximate surface area is 288 Å². The largest absolute Gasteiger partial charge is 1.00 e. The Hall–Kier alpha value is -0.770. The fourth-order valence-corrected chi connectivity index (χ4v) is 5.87. The average Bonchev–Trinajstić information content (AvgIpc) is 2.95. The second-order valence-corrected chi connectivity index (χ2v) is 12.8. The molecule has 0 aromatic carbocycles. The molecule has 0 aromatic heterocycles. The zero-order chi connectivity index (χ0) is 31.1. The number of hydrogen-bond donors (Lipinski definition) is 2. The minimum absolute atomic E-state index is 0. The van der Waals surface area contributed by atoms with Crippen LogP contribution in [0.4, 0.5) is 0 Å². The summed E-state index contributed by atoms with van der Waals surface area (Å²) in [6.07, 6.45) is 24.0. The molecule has 0 aliphatic carbocycles. The van der Waals surface area contributed by atoms with Crippen LogP contribution in [0.5, 0.6) is 0 Å². The Balaban J connectivity index is 0. The zero-order valence-electron chi connectivity index (χ0n) is 27.5. The molecule has 0 aliphatic rings. The van der Waals surface area contributed by atoms with E-state index in [0.29, 0.717) is 12.8 Å². The van der Waals surface area contributed by atoms with E-state index in [-0.39, 0.29) is 48.3 Å². The van der Waals surface area contributed by atoms with Gasteiger partial charge in [0.1, 0.15) is 0 Å². The van der Waals surface area contributed by atoms with Crippen molar-refractivity contribution in [2.75, 3.05) is 18.1 Å². The molecule has 0 rings (SSSR count). The van der Waals surface area contributed by atoms with Crippen LogP contribution in [0.25, 0.3) is 0 Å². The minimum Gasteiger partial charge on any atom is -0.550 e. The zero-order valence-corrected chi connectivity index (χ0v) is 30.3. The number of aliphatic carboxylic acids is 2. The van der Waals surface area contributed by atoms with Crippen molar-refractivity contribution >= 4 is 35.5 Å². The number of carbonyl (C=O) groups excluding carboxylic acids is 4. The van der Waals surface area contributed by atoms with Crippen molar-refractivity contribution < 1.29 is 58.9 Å². The van der Waals surface area contributed by atoms with Crippen molar-refractivity contribution in [1.29, 1.82) is 0 Å². The number of nitrogens with one attached hydrogen (secondary N) is 2. The van der Waals surface area contributed by atoms with Crippen molar-refractivity contribution in [2.45, 2.75) is 167 Å². The maximum Gasteiger partial charge on any atom is 1.00 e. The summed E-state index contributed by atoms with van der Waals surface area (Å²) in [5.74, 6) is -0.656. The molecule has 2 amide bonds. The van der Waals surface area contributed by atoms with Gasteiger partial charge >= 0.3 is 29.6 Å². The molecule has 0 aromatic rings. The molecule has 246 valence electrons. The molecule has 10 heteroatoms. The molecule has 0 spiro atoms. The Kier molecular flexibility index (Phi) is 35.2. The second kappa shape index (κ2) is 34.1. The maximum atomic E-state index is 12.0. The van der Waals surface area contributed by atoms with Gasteiger partial charge in [-0.25, -0.2) is 0 Å². The first-order chi connectivity index (χ1) is 20.4. The van der Waals surface area contributed by atoms with Crippen LogP contribution in [0.2, 0.25) is 0 Å². The van der Waals surface area contributed by atoms with Crippen molar-refractivity contribution in [3.63, 3.8) is 0 Å². The quantitative estimate of drug-likeness (QED) is 0.0854. The van der Waals surface area contributed by atoms with E-state index in [1.165, 1.54) is 70.0 Å². The van der Waals surface area contributed by atoms with E-state index in [0.717, 1.165) is 70.1 Å². The molecule has 8 nitrogen and oxygen atoms in total. The Morgan fingerprint density at radius 3 is 1.56 bits per heavy atom. The first-order valence-corrected chi connectivity index (χ1v) is 18.1. The van der Waals surface area contributed by atoms with Gasteiger partial charge in [-0.3, -0.25) is 9.59 Å². The number of hydrogen-bond acceptors (Lipinski definition) is 7. The van der Waals surface area contributed by atoms with Crippen LogP contribution < -0.4 is 50.4 Å². The molecule has 1 unspecified atom stereocenters. The second-order valence-electron chi connectivity index (χ2n) is 11.5. The molecule has 43 heavy (non-hydrogen) atoms. The van der Waals surface area contributed by atoms with E-state index in [9.17, 15) is 29.4 Å². The van der Waals surface area contributed by atoms with Crippen LogP contribution in [0.15, 0.2) is 0 Å². The normalized spacial score (nSPS) is 11.5. The van der Waals surface area contributed by atoms with Crippen molar-refractivity contribution in [3.05, 3.63) is 0 Å². The third kappa shape index (κ3) is 34.0. The molecule has 0 saturated heterocycles. The van der Waals surface area contributed by atoms with Crippen LogP contribution in [-0.4, -0.2) is 47.8 Å². The van der Waals surface area contributed by atoms with Crippen LogP contribution in [-0.2, 0) is 19.2 Å². The van der Waals surface area contributed by atoms with Crippen LogP contribution >= 0.6 is 11.8 Å². The van der Waals surface area contributed by atoms with E-state index in [1.54, 1.807) is 0 Å². The molecule has 0 radical (unpaired) electrons. The van der Waals surface area contributed by atoms with E-state index >= 15 is 0 Å². The molecule has 1 atom stereocenters. The summed E-state index contributed by atoms with van der Waals surface area (Å²) in [6, 6.07) is -1.30. The standard InChI is InChI=1S/C33H62N2O6S.Na/c1-2-3-4-5-6-7-10-13-16-20-27-42-28-21-18-22-30(36)34-26-19-15-12-9-8-11-14-17-23-31(37)35-29(33(40)41)24-25-32(38)39;/h29H,2-28H2,1H3,(H,34,36)(H,35,37)(H,38,39)(H,40,41);/q;+1/p-2. The summed E-state index contributed by atoms with van der Waals surface area (Å²) in [5.41, 5.74) is 0. The number of unbranched alkanes of at least 4 members (excludes halogenated alkanes) is 17. The summed E-state index contributed by atoms with van der Waals surface area (Å²) in [6.45, 7) is 3.01. The summed E-state index contributed by atoms with van der Waals surface area (Å²) in [4.78, 5) is 45.4. The average molecular weight is 636 g/mol. The molecule has 0 saturated carbocycles. The van der Waals surface area contributed by atoms with Crippen molar-refractivity contribution in [3.8, 4) is 0 Å².